The molecule has 0 aliphatic carbocycles. The van der Waals surface area contributed by atoms with Gasteiger partial charge in [0.15, 0.2) is 0 Å². The second-order valence-electron chi connectivity index (χ2n) is 12.3. The first-order valence-electron chi connectivity index (χ1n) is 15.3. The molecule has 4 amide bonds. The molecule has 2 aromatic rings. The lowest BCUT2D eigenvalue weighted by Gasteiger charge is -2.26. The summed E-state index contributed by atoms with van der Waals surface area (Å²) in [4.78, 5) is 64.4. The summed E-state index contributed by atoms with van der Waals surface area (Å²) in [5, 5.41) is 11.0. The molecule has 246 valence electrons. The van der Waals surface area contributed by atoms with Crippen LogP contribution in [0.15, 0.2) is 60.7 Å². The number of hydrogen-bond donors (Lipinski definition) is 4. The molecule has 2 rings (SSSR count). The van der Waals surface area contributed by atoms with Crippen LogP contribution in [-0.4, -0.2) is 67.2 Å². The van der Waals surface area contributed by atoms with Crippen molar-refractivity contribution in [3.05, 3.63) is 71.8 Å². The lowest BCUT2D eigenvalue weighted by molar-refractivity contribution is -0.145. The summed E-state index contributed by atoms with van der Waals surface area (Å²) < 4.78 is 10.1. The van der Waals surface area contributed by atoms with Crippen LogP contribution >= 0.6 is 0 Å². The van der Waals surface area contributed by atoms with E-state index in [9.17, 15) is 24.0 Å². The zero-order valence-corrected chi connectivity index (χ0v) is 27.2. The third kappa shape index (κ3) is 14.7. The normalized spacial score (nSPS) is 13.1. The van der Waals surface area contributed by atoms with Gasteiger partial charge < -0.3 is 30.7 Å². The van der Waals surface area contributed by atoms with Crippen LogP contribution in [-0.2, 0) is 41.5 Å². The minimum atomic E-state index is -0.970. The monoisotopic (exact) mass is 624 g/mol. The first-order chi connectivity index (χ1) is 21.3. The first-order valence-corrected chi connectivity index (χ1v) is 15.3. The Morgan fingerprint density at radius 3 is 1.76 bits per heavy atom. The highest BCUT2D eigenvalue weighted by Crippen LogP contribution is 2.11. The molecule has 0 aliphatic heterocycles. The van der Waals surface area contributed by atoms with Crippen molar-refractivity contribution in [3.8, 4) is 0 Å². The van der Waals surface area contributed by atoms with E-state index < -0.39 is 47.6 Å². The molecule has 0 aliphatic rings. The van der Waals surface area contributed by atoms with E-state index in [-0.39, 0.29) is 37.6 Å². The molecule has 2 aromatic carbocycles. The van der Waals surface area contributed by atoms with Crippen LogP contribution in [0.1, 0.15) is 65.0 Å². The van der Waals surface area contributed by atoms with Gasteiger partial charge in [0, 0.05) is 25.8 Å². The number of ether oxygens (including phenoxy) is 2. The number of carbonyl (C=O) groups is 5. The van der Waals surface area contributed by atoms with Gasteiger partial charge in [-0.05, 0) is 50.7 Å². The maximum atomic E-state index is 13.6. The highest BCUT2D eigenvalue weighted by atomic mass is 16.6. The second kappa shape index (κ2) is 18.4. The lowest BCUT2D eigenvalue weighted by atomic mass is 10.00. The number of nitrogens with one attached hydrogen (secondary N) is 4. The molecule has 11 heteroatoms. The van der Waals surface area contributed by atoms with Crippen LogP contribution in [0.5, 0.6) is 0 Å². The molecular weight excluding hydrogens is 576 g/mol. The number of alkyl carbamates (subject to hydrolysis) is 1. The minimum absolute atomic E-state index is 0.0337. The smallest absolute Gasteiger partial charge is 0.407 e. The fourth-order valence-corrected chi connectivity index (χ4v) is 4.51. The van der Waals surface area contributed by atoms with Gasteiger partial charge in [-0.15, -0.1) is 0 Å². The first kappa shape index (κ1) is 36.8. The van der Waals surface area contributed by atoms with Gasteiger partial charge in [0.2, 0.25) is 17.7 Å². The molecule has 0 bridgehead atoms. The number of methoxy groups -OCH3 is 1. The van der Waals surface area contributed by atoms with E-state index in [1.54, 1.807) is 20.8 Å². The van der Waals surface area contributed by atoms with Gasteiger partial charge in [0.1, 0.15) is 23.7 Å². The molecule has 0 aromatic heterocycles. The van der Waals surface area contributed by atoms with Crippen LogP contribution < -0.4 is 21.3 Å². The molecule has 0 saturated carbocycles. The standard InChI is InChI=1S/C34H48N4O7/c1-23(2)20-26(30(40)38-28(32(42)44-6)22-25-16-11-8-12-17-25)37-31(41)27(21-24-14-9-7-10-15-24)36-29(39)18-13-19-35-33(43)45-34(3,4)5/h7-12,14-17,23,26-28H,13,18-22H2,1-6H3,(H,35,43)(H,36,39)(H,37,41)(H,38,40)/t26-,27-,28-/m0/s1. The van der Waals surface area contributed by atoms with E-state index in [2.05, 4.69) is 21.3 Å². The molecule has 45 heavy (non-hydrogen) atoms. The largest absolute Gasteiger partial charge is 0.467 e. The van der Waals surface area contributed by atoms with Crippen molar-refractivity contribution in [1.82, 2.24) is 21.3 Å². The van der Waals surface area contributed by atoms with E-state index in [4.69, 9.17) is 9.47 Å². The van der Waals surface area contributed by atoms with Crippen molar-refractivity contribution in [2.45, 2.75) is 90.4 Å². The summed E-state index contributed by atoms with van der Waals surface area (Å²) in [5.41, 5.74) is 1.03. The van der Waals surface area contributed by atoms with Gasteiger partial charge in [0.05, 0.1) is 7.11 Å². The maximum Gasteiger partial charge on any atom is 0.407 e. The van der Waals surface area contributed by atoms with Gasteiger partial charge in [-0.25, -0.2) is 9.59 Å². The molecule has 3 atom stereocenters. The molecular formula is C34H48N4O7. The van der Waals surface area contributed by atoms with E-state index in [1.807, 2.05) is 74.5 Å². The van der Waals surface area contributed by atoms with E-state index in [0.29, 0.717) is 12.8 Å². The fourth-order valence-electron chi connectivity index (χ4n) is 4.51. The van der Waals surface area contributed by atoms with Crippen LogP contribution in [0.4, 0.5) is 4.79 Å². The average Bonchev–Trinajstić information content (AvgIpc) is 2.97. The molecule has 0 fully saturated rings. The number of carbonyl (C=O) groups excluding carboxylic acids is 5. The Hall–Kier alpha value is -4.41. The minimum Gasteiger partial charge on any atom is -0.467 e. The topological polar surface area (TPSA) is 152 Å². The van der Waals surface area contributed by atoms with E-state index >= 15 is 0 Å². The summed E-state index contributed by atoms with van der Waals surface area (Å²) in [5.74, 6) is -2.00. The third-order valence-corrected chi connectivity index (χ3v) is 6.61. The fraction of sp³-hybridized carbons (Fsp3) is 0.500. The zero-order chi connectivity index (χ0) is 33.4. The molecule has 0 radical (unpaired) electrons. The van der Waals surface area contributed by atoms with Crippen molar-refractivity contribution in [2.24, 2.45) is 5.92 Å². The summed E-state index contributed by atoms with van der Waals surface area (Å²) in [6, 6.07) is 15.6. The third-order valence-electron chi connectivity index (χ3n) is 6.61. The lowest BCUT2D eigenvalue weighted by Crippen LogP contribution is -2.56. The van der Waals surface area contributed by atoms with Gasteiger partial charge >= 0.3 is 12.1 Å². The number of esters is 1. The number of amides is 4. The Morgan fingerprint density at radius 2 is 1.24 bits per heavy atom. The molecule has 4 N–H and O–H groups in total. The van der Waals surface area contributed by atoms with Crippen molar-refractivity contribution < 1.29 is 33.4 Å². The van der Waals surface area contributed by atoms with Gasteiger partial charge in [-0.3, -0.25) is 14.4 Å². The second-order valence-corrected chi connectivity index (χ2v) is 12.3. The van der Waals surface area contributed by atoms with Crippen molar-refractivity contribution in [1.29, 1.82) is 0 Å². The molecule has 0 heterocycles. The number of hydrogen-bond acceptors (Lipinski definition) is 7. The molecule has 0 saturated heterocycles. The van der Waals surface area contributed by atoms with Crippen LogP contribution in [0.2, 0.25) is 0 Å². The summed E-state index contributed by atoms with van der Waals surface area (Å²) in [6.45, 7) is 9.34. The maximum absolute atomic E-state index is 13.6. The van der Waals surface area contributed by atoms with Crippen LogP contribution in [0, 0.1) is 5.92 Å². The van der Waals surface area contributed by atoms with E-state index in [1.165, 1.54) is 7.11 Å². The quantitative estimate of drug-likeness (QED) is 0.165. The molecule has 0 spiro atoms. The van der Waals surface area contributed by atoms with Crippen molar-refractivity contribution in [2.75, 3.05) is 13.7 Å². The van der Waals surface area contributed by atoms with Crippen LogP contribution in [0.3, 0.4) is 0 Å². The predicted octanol–water partition coefficient (Wildman–Crippen LogP) is 3.45. The Balaban J connectivity index is 2.12. The summed E-state index contributed by atoms with van der Waals surface area (Å²) >= 11 is 0. The highest BCUT2D eigenvalue weighted by Gasteiger charge is 2.31. The SMILES string of the molecule is COC(=O)[C@H](Cc1ccccc1)NC(=O)[C@H](CC(C)C)NC(=O)[C@H](Cc1ccccc1)NC(=O)CCCNC(=O)OC(C)(C)C. The Labute approximate surface area is 266 Å². The average molecular weight is 625 g/mol. The van der Waals surface area contributed by atoms with Gasteiger partial charge in [-0.2, -0.15) is 0 Å². The molecule has 0 unspecified atom stereocenters. The number of rotatable bonds is 16. The van der Waals surface area contributed by atoms with Crippen LogP contribution in [0.25, 0.3) is 0 Å². The number of benzene rings is 2. The predicted molar refractivity (Wildman–Crippen MR) is 171 cm³/mol. The van der Waals surface area contributed by atoms with Gasteiger partial charge in [-0.1, -0.05) is 74.5 Å². The Bertz CT molecular complexity index is 1250. The van der Waals surface area contributed by atoms with Gasteiger partial charge in [0.25, 0.3) is 0 Å². The summed E-state index contributed by atoms with van der Waals surface area (Å²) in [6.07, 6.45) is 0.542. The molecule has 11 nitrogen and oxygen atoms in total. The van der Waals surface area contributed by atoms with E-state index in [0.717, 1.165) is 11.1 Å². The summed E-state index contributed by atoms with van der Waals surface area (Å²) in [7, 11) is 1.25. The zero-order valence-electron chi connectivity index (χ0n) is 27.2. The highest BCUT2D eigenvalue weighted by molar-refractivity contribution is 5.93. The Kier molecular flexibility index (Phi) is 15.0. The van der Waals surface area contributed by atoms with Crippen molar-refractivity contribution >= 4 is 29.8 Å². The Morgan fingerprint density at radius 1 is 0.733 bits per heavy atom. The van der Waals surface area contributed by atoms with Crippen molar-refractivity contribution in [3.63, 3.8) is 0 Å².